The molecule has 0 aliphatic rings. The van der Waals surface area contributed by atoms with Gasteiger partial charge in [0.25, 0.3) is 0 Å². The van der Waals surface area contributed by atoms with E-state index in [0.717, 1.165) is 10.6 Å². The lowest BCUT2D eigenvalue weighted by molar-refractivity contribution is -0.122. The van der Waals surface area contributed by atoms with E-state index < -0.39 is 0 Å². The third-order valence-corrected chi connectivity index (χ3v) is 3.23. The number of hydrogen-bond acceptors (Lipinski definition) is 3. The number of carbonyl (C=O) groups is 1. The van der Waals surface area contributed by atoms with E-state index >= 15 is 0 Å². The molecule has 1 unspecified atom stereocenters. The van der Waals surface area contributed by atoms with Crippen molar-refractivity contribution in [2.45, 2.75) is 33.6 Å². The van der Waals surface area contributed by atoms with Crippen LogP contribution >= 0.6 is 24.0 Å². The third kappa shape index (κ3) is 6.22. The second-order valence-corrected chi connectivity index (χ2v) is 5.36. The first kappa shape index (κ1) is 13.1. The monoisotopic (exact) mass is 218 g/mol. The Hall–Kier alpha value is 0.110. The highest BCUT2D eigenvalue weighted by molar-refractivity contribution is 8.22. The molecule has 1 nitrogen and oxygen atoms in total. The molecule has 0 saturated carbocycles. The first-order valence-electron chi connectivity index (χ1n) is 4.56. The van der Waals surface area contributed by atoms with E-state index in [0.29, 0.717) is 18.1 Å². The molecule has 0 spiro atoms. The van der Waals surface area contributed by atoms with Crippen molar-refractivity contribution in [1.82, 2.24) is 0 Å². The number of carbonyl (C=O) groups excluding carboxylic acids is 1. The standard InChI is InChI=1S/C10H18OS2/c1-7(2)9(11)5-8(3)6-10(12)13-4/h7-8H,5-6H2,1-4H3. The summed E-state index contributed by atoms with van der Waals surface area (Å²) < 4.78 is 1.00. The predicted molar refractivity (Wildman–Crippen MR) is 64.4 cm³/mol. The molecule has 76 valence electrons. The van der Waals surface area contributed by atoms with E-state index in [1.807, 2.05) is 20.1 Å². The van der Waals surface area contributed by atoms with Gasteiger partial charge < -0.3 is 0 Å². The number of thioether (sulfide) groups is 1. The summed E-state index contributed by atoms with van der Waals surface area (Å²) >= 11 is 6.71. The van der Waals surface area contributed by atoms with Gasteiger partial charge in [-0.3, -0.25) is 4.79 Å². The zero-order valence-electron chi connectivity index (χ0n) is 8.79. The molecule has 0 saturated heterocycles. The van der Waals surface area contributed by atoms with E-state index in [1.54, 1.807) is 11.8 Å². The van der Waals surface area contributed by atoms with Crippen molar-refractivity contribution in [2.24, 2.45) is 11.8 Å². The zero-order valence-corrected chi connectivity index (χ0v) is 10.4. The molecule has 0 aromatic carbocycles. The first-order chi connectivity index (χ1) is 5.97. The summed E-state index contributed by atoms with van der Waals surface area (Å²) in [6.07, 6.45) is 3.53. The number of thiocarbonyl (C=S) groups is 1. The van der Waals surface area contributed by atoms with Crippen LogP contribution in [0.1, 0.15) is 33.6 Å². The Kier molecular flexibility index (Phi) is 6.60. The predicted octanol–water partition coefficient (Wildman–Crippen LogP) is 3.32. The van der Waals surface area contributed by atoms with Gasteiger partial charge in [-0.15, -0.1) is 11.8 Å². The van der Waals surface area contributed by atoms with Crippen LogP contribution in [0.4, 0.5) is 0 Å². The normalized spacial score (nSPS) is 13.0. The Morgan fingerprint density at radius 3 is 2.23 bits per heavy atom. The number of hydrogen-bond donors (Lipinski definition) is 0. The van der Waals surface area contributed by atoms with Crippen molar-refractivity contribution in [3.8, 4) is 0 Å². The minimum absolute atomic E-state index is 0.158. The summed E-state index contributed by atoms with van der Waals surface area (Å²) in [7, 11) is 0. The zero-order chi connectivity index (χ0) is 10.4. The number of rotatable bonds is 5. The van der Waals surface area contributed by atoms with Crippen LogP contribution in [0.3, 0.4) is 0 Å². The van der Waals surface area contributed by atoms with Gasteiger partial charge >= 0.3 is 0 Å². The van der Waals surface area contributed by atoms with Crippen LogP contribution in [0.5, 0.6) is 0 Å². The number of Topliss-reactive ketones (excluding diaryl/α,β-unsaturated/α-hetero) is 1. The van der Waals surface area contributed by atoms with Gasteiger partial charge in [-0.05, 0) is 18.6 Å². The van der Waals surface area contributed by atoms with Gasteiger partial charge in [-0.25, -0.2) is 0 Å². The smallest absolute Gasteiger partial charge is 0.135 e. The molecule has 3 heteroatoms. The summed E-state index contributed by atoms with van der Waals surface area (Å²) in [5.74, 6) is 0.900. The maximum absolute atomic E-state index is 11.4. The molecule has 0 aliphatic heterocycles. The van der Waals surface area contributed by atoms with Crippen LogP contribution in [0.15, 0.2) is 0 Å². The summed E-state index contributed by atoms with van der Waals surface area (Å²) in [5, 5.41) is 0. The van der Waals surface area contributed by atoms with Gasteiger partial charge in [0.1, 0.15) is 5.78 Å². The van der Waals surface area contributed by atoms with Crippen LogP contribution in [-0.2, 0) is 4.79 Å². The average molecular weight is 218 g/mol. The van der Waals surface area contributed by atoms with Crippen molar-refractivity contribution >= 4 is 34.0 Å². The van der Waals surface area contributed by atoms with Gasteiger partial charge in [-0.2, -0.15) is 0 Å². The second kappa shape index (κ2) is 6.55. The highest BCUT2D eigenvalue weighted by Crippen LogP contribution is 2.16. The first-order valence-corrected chi connectivity index (χ1v) is 6.20. The molecular formula is C10H18OS2. The van der Waals surface area contributed by atoms with Crippen LogP contribution in [-0.4, -0.2) is 16.2 Å². The molecule has 13 heavy (non-hydrogen) atoms. The fraction of sp³-hybridized carbons (Fsp3) is 0.800. The van der Waals surface area contributed by atoms with Gasteiger partial charge in [0.15, 0.2) is 0 Å². The highest BCUT2D eigenvalue weighted by atomic mass is 32.2. The fourth-order valence-electron chi connectivity index (χ4n) is 1.02. The minimum Gasteiger partial charge on any atom is -0.299 e. The maximum atomic E-state index is 11.4. The van der Waals surface area contributed by atoms with Crippen LogP contribution < -0.4 is 0 Å². The molecule has 0 aromatic rings. The van der Waals surface area contributed by atoms with E-state index in [1.165, 1.54) is 0 Å². The number of ketones is 1. The molecule has 0 aromatic heterocycles. The second-order valence-electron chi connectivity index (χ2n) is 3.71. The average Bonchev–Trinajstić information content (AvgIpc) is 2.03. The summed E-state index contributed by atoms with van der Waals surface area (Å²) in [5.41, 5.74) is 0. The Morgan fingerprint density at radius 2 is 1.85 bits per heavy atom. The molecule has 0 fully saturated rings. The highest BCUT2D eigenvalue weighted by Gasteiger charge is 2.13. The summed E-state index contributed by atoms with van der Waals surface area (Å²) in [6, 6.07) is 0. The van der Waals surface area contributed by atoms with Gasteiger partial charge in [0, 0.05) is 16.5 Å². The van der Waals surface area contributed by atoms with Gasteiger partial charge in [0.05, 0.1) is 0 Å². The van der Waals surface area contributed by atoms with E-state index in [2.05, 4.69) is 6.92 Å². The molecule has 0 radical (unpaired) electrons. The van der Waals surface area contributed by atoms with E-state index in [4.69, 9.17) is 12.2 Å². The lowest BCUT2D eigenvalue weighted by Gasteiger charge is -2.11. The SMILES string of the molecule is CSC(=S)CC(C)CC(=O)C(C)C. The quantitative estimate of drug-likeness (QED) is 0.659. The lowest BCUT2D eigenvalue weighted by Crippen LogP contribution is -2.12. The molecule has 0 heterocycles. The van der Waals surface area contributed by atoms with Crippen molar-refractivity contribution in [1.29, 1.82) is 0 Å². The molecule has 1 atom stereocenters. The van der Waals surface area contributed by atoms with Crippen molar-refractivity contribution in [3.63, 3.8) is 0 Å². The topological polar surface area (TPSA) is 17.1 Å². The van der Waals surface area contributed by atoms with Crippen molar-refractivity contribution < 1.29 is 4.79 Å². The molecule has 0 aliphatic carbocycles. The van der Waals surface area contributed by atoms with E-state index in [9.17, 15) is 4.79 Å². The Bertz CT molecular complexity index is 187. The Morgan fingerprint density at radius 1 is 1.31 bits per heavy atom. The minimum atomic E-state index is 0.158. The van der Waals surface area contributed by atoms with Crippen LogP contribution in [0.2, 0.25) is 0 Å². The Labute approximate surface area is 90.7 Å². The van der Waals surface area contributed by atoms with Crippen molar-refractivity contribution in [2.75, 3.05) is 6.26 Å². The lowest BCUT2D eigenvalue weighted by atomic mass is 9.96. The Balaban J connectivity index is 3.80. The summed E-state index contributed by atoms with van der Waals surface area (Å²) in [6.45, 7) is 5.98. The molecule has 0 rings (SSSR count). The fourth-order valence-corrected chi connectivity index (χ4v) is 1.75. The van der Waals surface area contributed by atoms with Gasteiger partial charge in [0.2, 0.25) is 0 Å². The summed E-state index contributed by atoms with van der Waals surface area (Å²) in [4.78, 5) is 11.4. The van der Waals surface area contributed by atoms with Crippen LogP contribution in [0.25, 0.3) is 0 Å². The molecular weight excluding hydrogens is 200 g/mol. The molecule has 0 amide bonds. The van der Waals surface area contributed by atoms with Crippen molar-refractivity contribution in [3.05, 3.63) is 0 Å². The molecule has 0 bridgehead atoms. The third-order valence-electron chi connectivity index (χ3n) is 1.94. The van der Waals surface area contributed by atoms with Crippen LogP contribution in [0, 0.1) is 11.8 Å². The maximum Gasteiger partial charge on any atom is 0.135 e. The molecule has 0 N–H and O–H groups in total. The van der Waals surface area contributed by atoms with E-state index in [-0.39, 0.29) is 5.92 Å². The van der Waals surface area contributed by atoms with Gasteiger partial charge in [-0.1, -0.05) is 33.0 Å². The largest absolute Gasteiger partial charge is 0.299 e.